The van der Waals surface area contributed by atoms with Gasteiger partial charge in [0.15, 0.2) is 0 Å². The van der Waals surface area contributed by atoms with Gasteiger partial charge in [-0.1, -0.05) is 12.1 Å². The number of benzene rings is 1. The van der Waals surface area contributed by atoms with E-state index in [2.05, 4.69) is 10.0 Å². The zero-order chi connectivity index (χ0) is 15.4. The molecule has 4 N–H and O–H groups in total. The second-order valence-electron chi connectivity index (χ2n) is 4.57. The number of hydrogen-bond donors (Lipinski definition) is 3. The normalized spacial score (nSPS) is 12.6. The molecular formula is C11H19N3O4S2. The summed E-state index contributed by atoms with van der Waals surface area (Å²) in [6.07, 6.45) is 0. The molecule has 0 spiro atoms. The highest BCUT2D eigenvalue weighted by atomic mass is 32.2. The highest BCUT2D eigenvalue weighted by Gasteiger charge is 2.19. The molecule has 20 heavy (non-hydrogen) atoms. The number of primary sulfonamides is 1. The number of sulfonamides is 2. The molecule has 0 aliphatic heterocycles. The Hall–Kier alpha value is -1.16. The van der Waals surface area contributed by atoms with E-state index in [1.807, 2.05) is 0 Å². The first-order valence-electron chi connectivity index (χ1n) is 5.97. The van der Waals surface area contributed by atoms with Gasteiger partial charge in [0.25, 0.3) is 0 Å². The van der Waals surface area contributed by atoms with Gasteiger partial charge in [-0.2, -0.15) is 0 Å². The molecule has 0 unspecified atom stereocenters. The van der Waals surface area contributed by atoms with E-state index in [0.717, 1.165) is 0 Å². The molecule has 0 aromatic heterocycles. The summed E-state index contributed by atoms with van der Waals surface area (Å²) < 4.78 is 48.4. The summed E-state index contributed by atoms with van der Waals surface area (Å²) in [5.74, 6) is -0.279. The first-order valence-corrected chi connectivity index (χ1v) is 9.17. The first-order chi connectivity index (χ1) is 9.12. The van der Waals surface area contributed by atoms with Crippen LogP contribution in [0.25, 0.3) is 0 Å². The van der Waals surface area contributed by atoms with Crippen LogP contribution >= 0.6 is 0 Å². The van der Waals surface area contributed by atoms with Crippen molar-refractivity contribution in [3.63, 3.8) is 0 Å². The highest BCUT2D eigenvalue weighted by Crippen LogP contribution is 2.20. The van der Waals surface area contributed by atoms with Gasteiger partial charge in [-0.3, -0.25) is 0 Å². The number of anilines is 1. The fourth-order valence-electron chi connectivity index (χ4n) is 1.55. The summed E-state index contributed by atoms with van der Waals surface area (Å²) in [6, 6.07) is 6.03. The maximum absolute atomic E-state index is 12.1. The minimum atomic E-state index is -3.65. The zero-order valence-electron chi connectivity index (χ0n) is 11.3. The van der Waals surface area contributed by atoms with Crippen LogP contribution in [0, 0.1) is 0 Å². The fourth-order valence-corrected chi connectivity index (χ4v) is 3.37. The predicted molar refractivity (Wildman–Crippen MR) is 78.4 cm³/mol. The van der Waals surface area contributed by atoms with Gasteiger partial charge in [0, 0.05) is 12.6 Å². The molecule has 0 radical (unpaired) electrons. The molecule has 1 rings (SSSR count). The van der Waals surface area contributed by atoms with Crippen LogP contribution < -0.4 is 15.2 Å². The van der Waals surface area contributed by atoms with E-state index in [4.69, 9.17) is 5.14 Å². The van der Waals surface area contributed by atoms with Gasteiger partial charge in [0.05, 0.1) is 11.4 Å². The van der Waals surface area contributed by atoms with E-state index in [0.29, 0.717) is 5.69 Å². The van der Waals surface area contributed by atoms with Crippen LogP contribution in [0.5, 0.6) is 0 Å². The summed E-state index contributed by atoms with van der Waals surface area (Å²) in [7, 11) is -7.24. The number of nitrogens with one attached hydrogen (secondary N) is 2. The van der Waals surface area contributed by atoms with Crippen molar-refractivity contribution in [2.45, 2.75) is 24.8 Å². The summed E-state index contributed by atoms with van der Waals surface area (Å²) in [4.78, 5) is 0.0723. The topological polar surface area (TPSA) is 118 Å². The lowest BCUT2D eigenvalue weighted by molar-refractivity contribution is 0.570. The molecule has 0 saturated heterocycles. The van der Waals surface area contributed by atoms with Crippen molar-refractivity contribution in [3.05, 3.63) is 24.3 Å². The third-order valence-electron chi connectivity index (χ3n) is 2.27. The standard InChI is InChI=1S/C11H19N3O4S2/c1-9(2)14-20(17,18)11-6-4-3-5-10(11)13-7-8-19(12,15)16/h3-6,9,13-14H,7-8H2,1-2H3,(H2,12,15,16). The second kappa shape index (κ2) is 6.53. The van der Waals surface area contributed by atoms with Crippen LogP contribution in [0.2, 0.25) is 0 Å². The van der Waals surface area contributed by atoms with E-state index < -0.39 is 20.0 Å². The van der Waals surface area contributed by atoms with Gasteiger partial charge in [-0.05, 0) is 26.0 Å². The van der Waals surface area contributed by atoms with Crippen molar-refractivity contribution in [1.29, 1.82) is 0 Å². The van der Waals surface area contributed by atoms with Crippen molar-refractivity contribution < 1.29 is 16.8 Å². The average molecular weight is 321 g/mol. The molecular weight excluding hydrogens is 302 g/mol. The van der Waals surface area contributed by atoms with E-state index in [1.54, 1.807) is 32.0 Å². The van der Waals surface area contributed by atoms with Crippen LogP contribution in [-0.4, -0.2) is 35.2 Å². The van der Waals surface area contributed by atoms with Crippen molar-refractivity contribution >= 4 is 25.7 Å². The fraction of sp³-hybridized carbons (Fsp3) is 0.455. The minimum absolute atomic E-state index is 0.0348. The Labute approximate surface area is 119 Å². The van der Waals surface area contributed by atoms with Gasteiger partial charge >= 0.3 is 0 Å². The molecule has 1 aromatic carbocycles. The van der Waals surface area contributed by atoms with Crippen molar-refractivity contribution in [2.24, 2.45) is 5.14 Å². The molecule has 0 aliphatic carbocycles. The van der Waals surface area contributed by atoms with Gasteiger partial charge < -0.3 is 5.32 Å². The molecule has 7 nitrogen and oxygen atoms in total. The Morgan fingerprint density at radius 2 is 1.75 bits per heavy atom. The van der Waals surface area contributed by atoms with E-state index in [-0.39, 0.29) is 23.2 Å². The maximum atomic E-state index is 12.1. The van der Waals surface area contributed by atoms with Crippen LogP contribution in [-0.2, 0) is 20.0 Å². The van der Waals surface area contributed by atoms with E-state index in [9.17, 15) is 16.8 Å². The minimum Gasteiger partial charge on any atom is -0.383 e. The molecule has 9 heteroatoms. The SMILES string of the molecule is CC(C)NS(=O)(=O)c1ccccc1NCCS(N)(=O)=O. The van der Waals surface area contributed by atoms with Crippen LogP contribution in [0.15, 0.2) is 29.2 Å². The quantitative estimate of drug-likeness (QED) is 0.657. The number of para-hydroxylation sites is 1. The largest absolute Gasteiger partial charge is 0.383 e. The maximum Gasteiger partial charge on any atom is 0.242 e. The average Bonchev–Trinajstić information content (AvgIpc) is 2.26. The Morgan fingerprint density at radius 1 is 1.15 bits per heavy atom. The van der Waals surface area contributed by atoms with Crippen molar-refractivity contribution in [3.8, 4) is 0 Å². The lowest BCUT2D eigenvalue weighted by Crippen LogP contribution is -2.31. The molecule has 1 aromatic rings. The molecule has 0 atom stereocenters. The molecule has 0 amide bonds. The molecule has 114 valence electrons. The number of nitrogens with two attached hydrogens (primary N) is 1. The van der Waals surface area contributed by atoms with Gasteiger partial charge in [0.2, 0.25) is 20.0 Å². The Balaban J connectivity index is 2.94. The van der Waals surface area contributed by atoms with Crippen LogP contribution in [0.1, 0.15) is 13.8 Å². The second-order valence-corrected chi connectivity index (χ2v) is 7.98. The van der Waals surface area contributed by atoms with Crippen LogP contribution in [0.4, 0.5) is 5.69 Å². The van der Waals surface area contributed by atoms with Crippen molar-refractivity contribution in [1.82, 2.24) is 4.72 Å². The number of rotatable bonds is 7. The third-order valence-corrected chi connectivity index (χ3v) is 4.76. The van der Waals surface area contributed by atoms with Crippen molar-refractivity contribution in [2.75, 3.05) is 17.6 Å². The molecule has 0 fully saturated rings. The van der Waals surface area contributed by atoms with E-state index >= 15 is 0 Å². The summed E-state index contributed by atoms with van der Waals surface area (Å²) in [5, 5.41) is 7.66. The van der Waals surface area contributed by atoms with E-state index in [1.165, 1.54) is 6.07 Å². The zero-order valence-corrected chi connectivity index (χ0v) is 13.0. The lowest BCUT2D eigenvalue weighted by atomic mass is 10.3. The number of hydrogen-bond acceptors (Lipinski definition) is 5. The molecule has 0 bridgehead atoms. The Morgan fingerprint density at radius 3 is 2.30 bits per heavy atom. The monoisotopic (exact) mass is 321 g/mol. The van der Waals surface area contributed by atoms with Gasteiger partial charge in [0.1, 0.15) is 4.90 Å². The third kappa shape index (κ3) is 5.45. The lowest BCUT2D eigenvalue weighted by Gasteiger charge is -2.14. The molecule has 0 heterocycles. The first kappa shape index (κ1) is 16.9. The summed E-state index contributed by atoms with van der Waals surface area (Å²) in [6.45, 7) is 3.47. The summed E-state index contributed by atoms with van der Waals surface area (Å²) >= 11 is 0. The van der Waals surface area contributed by atoms with Crippen LogP contribution in [0.3, 0.4) is 0 Å². The molecule has 0 saturated carbocycles. The Bertz CT molecular complexity index is 654. The summed E-state index contributed by atoms with van der Waals surface area (Å²) in [5.41, 5.74) is 0.337. The Kier molecular flexibility index (Phi) is 5.51. The predicted octanol–water partition coefficient (Wildman–Crippen LogP) is 0.0737. The highest BCUT2D eigenvalue weighted by molar-refractivity contribution is 7.89. The van der Waals surface area contributed by atoms with Gasteiger partial charge in [-0.25, -0.2) is 26.7 Å². The molecule has 0 aliphatic rings. The smallest absolute Gasteiger partial charge is 0.242 e. The van der Waals surface area contributed by atoms with Gasteiger partial charge in [-0.15, -0.1) is 0 Å².